The average Bonchev–Trinajstić information content (AvgIpc) is 3.13. The van der Waals surface area contributed by atoms with E-state index in [9.17, 15) is 19.2 Å². The number of aromatic nitrogens is 1. The van der Waals surface area contributed by atoms with Crippen LogP contribution >= 0.6 is 0 Å². The van der Waals surface area contributed by atoms with E-state index in [1.165, 1.54) is 24.1 Å². The molecule has 2 aromatic carbocycles. The molecule has 1 aliphatic heterocycles. The number of methoxy groups -OCH3 is 1. The second-order valence-corrected chi connectivity index (χ2v) is 8.21. The molecule has 37 heavy (non-hydrogen) atoms. The molecular formula is C27H26N4O6. The van der Waals surface area contributed by atoms with Gasteiger partial charge in [-0.05, 0) is 67.1 Å². The number of ether oxygens (including phenoxy) is 2. The first kappa shape index (κ1) is 25.4. The van der Waals surface area contributed by atoms with Crippen LogP contribution in [0.4, 0.5) is 16.2 Å². The van der Waals surface area contributed by atoms with E-state index in [2.05, 4.69) is 10.3 Å². The zero-order valence-electron chi connectivity index (χ0n) is 20.4. The third-order valence-electron chi connectivity index (χ3n) is 5.78. The number of esters is 1. The molecule has 10 nitrogen and oxygen atoms in total. The number of nitrogens with one attached hydrogen (secondary N) is 1. The van der Waals surface area contributed by atoms with Crippen LogP contribution in [0.1, 0.15) is 29.3 Å². The Morgan fingerprint density at radius 1 is 1.03 bits per heavy atom. The van der Waals surface area contributed by atoms with E-state index in [1.54, 1.807) is 67.8 Å². The van der Waals surface area contributed by atoms with Crippen molar-refractivity contribution in [1.29, 1.82) is 0 Å². The summed E-state index contributed by atoms with van der Waals surface area (Å²) in [6, 6.07) is 14.7. The van der Waals surface area contributed by atoms with Crippen molar-refractivity contribution >= 4 is 35.2 Å². The molecule has 1 atom stereocenters. The Morgan fingerprint density at radius 3 is 2.38 bits per heavy atom. The van der Waals surface area contributed by atoms with E-state index in [-0.39, 0.29) is 19.6 Å². The molecule has 1 aromatic heterocycles. The third-order valence-corrected chi connectivity index (χ3v) is 5.78. The van der Waals surface area contributed by atoms with Crippen molar-refractivity contribution in [1.82, 2.24) is 9.88 Å². The van der Waals surface area contributed by atoms with Gasteiger partial charge in [0.15, 0.2) is 0 Å². The van der Waals surface area contributed by atoms with E-state index >= 15 is 0 Å². The summed E-state index contributed by atoms with van der Waals surface area (Å²) in [6.45, 7) is 2.08. The first-order valence-electron chi connectivity index (χ1n) is 11.7. The van der Waals surface area contributed by atoms with Crippen LogP contribution in [-0.2, 0) is 20.9 Å². The monoisotopic (exact) mass is 502 g/mol. The highest BCUT2D eigenvalue weighted by Crippen LogP contribution is 2.29. The normalized spacial score (nSPS) is 15.0. The molecule has 1 saturated heterocycles. The fraction of sp³-hybridized carbons (Fsp3) is 0.222. The van der Waals surface area contributed by atoms with Crippen molar-refractivity contribution < 1.29 is 28.7 Å². The summed E-state index contributed by atoms with van der Waals surface area (Å²) in [4.78, 5) is 58.1. The van der Waals surface area contributed by atoms with E-state index in [4.69, 9.17) is 9.47 Å². The summed E-state index contributed by atoms with van der Waals surface area (Å²) in [5.74, 6) is -0.838. The largest absolute Gasteiger partial charge is 0.497 e. The van der Waals surface area contributed by atoms with E-state index in [0.29, 0.717) is 22.7 Å². The molecule has 10 heteroatoms. The number of amides is 4. The lowest BCUT2D eigenvalue weighted by molar-refractivity contribution is -0.124. The fourth-order valence-electron chi connectivity index (χ4n) is 3.96. The molecule has 4 amide bonds. The van der Waals surface area contributed by atoms with Gasteiger partial charge < -0.3 is 19.7 Å². The molecular weight excluding hydrogens is 476 g/mol. The molecule has 0 aliphatic carbocycles. The molecule has 190 valence electrons. The minimum atomic E-state index is -1.02. The van der Waals surface area contributed by atoms with Gasteiger partial charge in [0.25, 0.3) is 5.91 Å². The summed E-state index contributed by atoms with van der Waals surface area (Å²) in [6.07, 6.45) is 2.97. The quantitative estimate of drug-likeness (QED) is 0.351. The van der Waals surface area contributed by atoms with Gasteiger partial charge in [0.1, 0.15) is 11.8 Å². The smallest absolute Gasteiger partial charge is 0.338 e. The third kappa shape index (κ3) is 5.75. The highest BCUT2D eigenvalue weighted by Gasteiger charge is 2.46. The molecule has 1 N–H and O–H groups in total. The minimum absolute atomic E-state index is 0.108. The molecule has 2 heterocycles. The second-order valence-electron chi connectivity index (χ2n) is 8.21. The molecule has 0 saturated carbocycles. The maximum Gasteiger partial charge on any atom is 0.338 e. The minimum Gasteiger partial charge on any atom is -0.497 e. The second kappa shape index (κ2) is 11.3. The van der Waals surface area contributed by atoms with Gasteiger partial charge in [0.05, 0.1) is 31.4 Å². The lowest BCUT2D eigenvalue weighted by Crippen LogP contribution is -2.37. The maximum atomic E-state index is 13.4. The van der Waals surface area contributed by atoms with Crippen LogP contribution < -0.4 is 15.0 Å². The van der Waals surface area contributed by atoms with Crippen LogP contribution in [0.2, 0.25) is 0 Å². The summed E-state index contributed by atoms with van der Waals surface area (Å²) in [5.41, 5.74) is 1.90. The number of imide groups is 1. The molecule has 0 radical (unpaired) electrons. The summed E-state index contributed by atoms with van der Waals surface area (Å²) >= 11 is 0. The zero-order valence-corrected chi connectivity index (χ0v) is 20.4. The maximum absolute atomic E-state index is 13.4. The number of hydrogen-bond donors (Lipinski definition) is 1. The van der Waals surface area contributed by atoms with Crippen molar-refractivity contribution in [3.63, 3.8) is 0 Å². The molecule has 4 rings (SSSR count). The van der Waals surface area contributed by atoms with E-state index in [0.717, 1.165) is 10.5 Å². The SMILES string of the molecule is CCOC(=O)c1ccc(NC(=O)C[C@H]2C(=O)N(c3ccc(OC)cc3)C(=O)N2Cc2cccnc2)cc1. The van der Waals surface area contributed by atoms with Crippen LogP contribution in [0, 0.1) is 0 Å². The molecule has 3 aromatic rings. The number of benzene rings is 2. The Labute approximate surface area is 213 Å². The Morgan fingerprint density at radius 2 is 1.76 bits per heavy atom. The van der Waals surface area contributed by atoms with Crippen molar-refractivity contribution in [2.75, 3.05) is 23.9 Å². The lowest BCUT2D eigenvalue weighted by atomic mass is 10.1. The Hall–Kier alpha value is -4.73. The molecule has 0 spiro atoms. The number of anilines is 2. The summed E-state index contributed by atoms with van der Waals surface area (Å²) < 4.78 is 10.1. The van der Waals surface area contributed by atoms with Gasteiger partial charge in [-0.3, -0.25) is 14.6 Å². The Kier molecular flexibility index (Phi) is 7.77. The average molecular weight is 503 g/mol. The van der Waals surface area contributed by atoms with Gasteiger partial charge in [0.2, 0.25) is 5.91 Å². The van der Waals surface area contributed by atoms with Gasteiger partial charge in [-0.25, -0.2) is 14.5 Å². The van der Waals surface area contributed by atoms with Crippen LogP contribution in [0.15, 0.2) is 73.1 Å². The summed E-state index contributed by atoms with van der Waals surface area (Å²) in [5, 5.41) is 2.73. The van der Waals surface area contributed by atoms with Crippen molar-refractivity contribution in [3.8, 4) is 5.75 Å². The van der Waals surface area contributed by atoms with Gasteiger partial charge in [-0.15, -0.1) is 0 Å². The van der Waals surface area contributed by atoms with Crippen LogP contribution in [0.5, 0.6) is 5.75 Å². The van der Waals surface area contributed by atoms with Crippen molar-refractivity contribution in [3.05, 3.63) is 84.2 Å². The van der Waals surface area contributed by atoms with Gasteiger partial charge in [-0.2, -0.15) is 0 Å². The number of pyridine rings is 1. The number of carbonyl (C=O) groups excluding carboxylic acids is 4. The number of nitrogens with zero attached hydrogens (tertiary/aromatic N) is 3. The number of urea groups is 1. The fourth-order valence-corrected chi connectivity index (χ4v) is 3.96. The van der Waals surface area contributed by atoms with E-state index in [1.807, 2.05) is 0 Å². The highest BCUT2D eigenvalue weighted by atomic mass is 16.5. The first-order chi connectivity index (χ1) is 17.9. The summed E-state index contributed by atoms with van der Waals surface area (Å²) in [7, 11) is 1.52. The van der Waals surface area contributed by atoms with Crippen molar-refractivity contribution in [2.45, 2.75) is 25.9 Å². The highest BCUT2D eigenvalue weighted by molar-refractivity contribution is 6.22. The van der Waals surface area contributed by atoms with Crippen LogP contribution in [-0.4, -0.2) is 53.5 Å². The van der Waals surface area contributed by atoms with Crippen LogP contribution in [0.25, 0.3) is 0 Å². The first-order valence-corrected chi connectivity index (χ1v) is 11.7. The standard InChI is InChI=1S/C27H26N4O6/c1-3-37-26(34)19-6-8-20(9-7-19)29-24(32)15-23-25(33)31(21-10-12-22(36-2)13-11-21)27(35)30(23)17-18-5-4-14-28-16-18/h4-14,16,23H,3,15,17H2,1-2H3,(H,29,32)/t23-/m0/s1. The number of carbonyl (C=O) groups is 4. The van der Waals surface area contributed by atoms with Gasteiger partial charge in [0, 0.05) is 24.6 Å². The number of hydrogen-bond acceptors (Lipinski definition) is 7. The Balaban J connectivity index is 1.53. The van der Waals surface area contributed by atoms with E-state index < -0.39 is 29.9 Å². The molecule has 1 aliphatic rings. The van der Waals surface area contributed by atoms with Crippen LogP contribution in [0.3, 0.4) is 0 Å². The zero-order chi connectivity index (χ0) is 26.4. The van der Waals surface area contributed by atoms with Gasteiger partial charge in [-0.1, -0.05) is 6.07 Å². The van der Waals surface area contributed by atoms with Crippen molar-refractivity contribution in [2.24, 2.45) is 0 Å². The lowest BCUT2D eigenvalue weighted by Gasteiger charge is -2.21. The molecule has 1 fully saturated rings. The number of rotatable bonds is 9. The predicted molar refractivity (Wildman–Crippen MR) is 135 cm³/mol. The Bertz CT molecular complexity index is 1280. The molecule has 0 unspecified atom stereocenters. The topological polar surface area (TPSA) is 118 Å². The van der Waals surface area contributed by atoms with Gasteiger partial charge >= 0.3 is 12.0 Å². The molecule has 0 bridgehead atoms. The predicted octanol–water partition coefficient (Wildman–Crippen LogP) is 3.63.